The summed E-state index contributed by atoms with van der Waals surface area (Å²) in [5.74, 6) is 0. The number of sulfonamides is 1. The zero-order valence-electron chi connectivity index (χ0n) is 9.52. The Bertz CT molecular complexity index is 328. The van der Waals surface area contributed by atoms with E-state index in [0.29, 0.717) is 25.2 Å². The van der Waals surface area contributed by atoms with E-state index in [1.54, 1.807) is 4.31 Å². The average molecular weight is 232 g/mol. The summed E-state index contributed by atoms with van der Waals surface area (Å²) in [5.41, 5.74) is 0. The highest BCUT2D eigenvalue weighted by Gasteiger charge is 2.38. The van der Waals surface area contributed by atoms with Crippen molar-refractivity contribution in [1.29, 1.82) is 0 Å². The molecule has 2 rings (SSSR count). The van der Waals surface area contributed by atoms with Crippen LogP contribution in [0.15, 0.2) is 0 Å². The first-order chi connectivity index (χ1) is 7.02. The maximum absolute atomic E-state index is 11.4. The lowest BCUT2D eigenvalue weighted by molar-refractivity contribution is 0.119. The Kier molecular flexibility index (Phi) is 3.05. The fourth-order valence-electron chi connectivity index (χ4n) is 2.87. The summed E-state index contributed by atoms with van der Waals surface area (Å²) in [4.78, 5) is 2.50. The summed E-state index contributed by atoms with van der Waals surface area (Å²) >= 11 is 0. The number of nitrogens with zero attached hydrogens (tertiary/aromatic N) is 2. The Morgan fingerprint density at radius 1 is 1.27 bits per heavy atom. The van der Waals surface area contributed by atoms with E-state index in [4.69, 9.17) is 0 Å². The molecule has 4 nitrogen and oxygen atoms in total. The summed E-state index contributed by atoms with van der Waals surface area (Å²) in [7, 11) is -2.98. The third-order valence-corrected chi connectivity index (χ3v) is 5.00. The second-order valence-corrected chi connectivity index (χ2v) is 6.63. The third kappa shape index (κ3) is 2.19. The van der Waals surface area contributed by atoms with Crippen LogP contribution in [-0.2, 0) is 10.0 Å². The molecule has 2 heterocycles. The van der Waals surface area contributed by atoms with E-state index in [1.807, 2.05) is 0 Å². The molecule has 2 saturated heterocycles. The zero-order chi connectivity index (χ0) is 11.1. The molecule has 5 heteroatoms. The Hall–Kier alpha value is -0.130. The Balaban J connectivity index is 2.04. The normalized spacial score (nSPS) is 34.3. The van der Waals surface area contributed by atoms with Crippen molar-refractivity contribution in [1.82, 2.24) is 9.21 Å². The summed E-state index contributed by atoms with van der Waals surface area (Å²) in [6, 6.07) is 1.16. The van der Waals surface area contributed by atoms with Gasteiger partial charge in [-0.2, -0.15) is 4.31 Å². The molecule has 15 heavy (non-hydrogen) atoms. The van der Waals surface area contributed by atoms with Crippen LogP contribution in [0.4, 0.5) is 0 Å². The van der Waals surface area contributed by atoms with E-state index in [0.717, 1.165) is 13.0 Å². The average Bonchev–Trinajstić information content (AvgIpc) is 2.58. The first-order valence-corrected chi connectivity index (χ1v) is 7.58. The van der Waals surface area contributed by atoms with Crippen LogP contribution >= 0.6 is 0 Å². The molecular weight excluding hydrogens is 212 g/mol. The highest BCUT2D eigenvalue weighted by atomic mass is 32.2. The number of hydrogen-bond donors (Lipinski definition) is 0. The molecule has 0 aliphatic carbocycles. The zero-order valence-corrected chi connectivity index (χ0v) is 10.3. The van der Waals surface area contributed by atoms with Crippen LogP contribution in [0.25, 0.3) is 0 Å². The lowest BCUT2D eigenvalue weighted by atomic mass is 10.1. The summed E-state index contributed by atoms with van der Waals surface area (Å²) in [6.45, 7) is 4.51. The van der Waals surface area contributed by atoms with Crippen molar-refractivity contribution >= 4 is 10.0 Å². The van der Waals surface area contributed by atoms with Crippen LogP contribution in [0.3, 0.4) is 0 Å². The molecule has 0 radical (unpaired) electrons. The van der Waals surface area contributed by atoms with Gasteiger partial charge in [-0.3, -0.25) is 4.90 Å². The topological polar surface area (TPSA) is 40.6 Å². The first-order valence-electron chi connectivity index (χ1n) is 5.73. The van der Waals surface area contributed by atoms with Gasteiger partial charge in [0.15, 0.2) is 0 Å². The van der Waals surface area contributed by atoms with E-state index < -0.39 is 10.0 Å². The molecule has 0 aromatic heterocycles. The molecule has 88 valence electrons. The fourth-order valence-corrected chi connectivity index (χ4v) is 3.73. The maximum atomic E-state index is 11.4. The monoisotopic (exact) mass is 232 g/mol. The van der Waals surface area contributed by atoms with Crippen molar-refractivity contribution < 1.29 is 8.42 Å². The molecule has 0 bridgehead atoms. The van der Waals surface area contributed by atoms with Crippen molar-refractivity contribution in [2.24, 2.45) is 0 Å². The van der Waals surface area contributed by atoms with Crippen molar-refractivity contribution in [2.75, 3.05) is 25.9 Å². The Morgan fingerprint density at radius 2 is 2.00 bits per heavy atom. The first kappa shape index (κ1) is 11.4. The molecule has 0 spiro atoms. The molecule has 0 aromatic rings. The molecule has 0 amide bonds. The van der Waals surface area contributed by atoms with Crippen molar-refractivity contribution in [3.05, 3.63) is 0 Å². The van der Waals surface area contributed by atoms with E-state index in [-0.39, 0.29) is 0 Å². The van der Waals surface area contributed by atoms with Gasteiger partial charge >= 0.3 is 0 Å². The second-order valence-electron chi connectivity index (χ2n) is 4.65. The number of rotatable bonds is 2. The van der Waals surface area contributed by atoms with Crippen molar-refractivity contribution in [2.45, 2.75) is 38.3 Å². The van der Waals surface area contributed by atoms with Crippen LogP contribution < -0.4 is 0 Å². The van der Waals surface area contributed by atoms with Crippen LogP contribution in [0.5, 0.6) is 0 Å². The van der Waals surface area contributed by atoms with Gasteiger partial charge in [0, 0.05) is 31.7 Å². The smallest absolute Gasteiger partial charge is 0.211 e. The predicted molar refractivity (Wildman–Crippen MR) is 60.2 cm³/mol. The highest BCUT2D eigenvalue weighted by Crippen LogP contribution is 2.29. The quantitative estimate of drug-likeness (QED) is 0.696. The summed E-state index contributed by atoms with van der Waals surface area (Å²) in [6.07, 6.45) is 4.90. The molecular formula is C10H20N2O2S. The largest absolute Gasteiger partial charge is 0.295 e. The van der Waals surface area contributed by atoms with Crippen LogP contribution in [-0.4, -0.2) is 55.6 Å². The third-order valence-electron chi connectivity index (χ3n) is 3.73. The van der Waals surface area contributed by atoms with Gasteiger partial charge in [0.1, 0.15) is 0 Å². The van der Waals surface area contributed by atoms with E-state index in [1.165, 1.54) is 19.1 Å². The molecule has 2 atom stereocenters. The lowest BCUT2D eigenvalue weighted by Gasteiger charge is -2.38. The molecule has 2 unspecified atom stereocenters. The molecule has 0 aromatic carbocycles. The van der Waals surface area contributed by atoms with Crippen LogP contribution in [0.1, 0.15) is 26.2 Å². The van der Waals surface area contributed by atoms with Crippen LogP contribution in [0.2, 0.25) is 0 Å². The van der Waals surface area contributed by atoms with Gasteiger partial charge in [-0.25, -0.2) is 8.42 Å². The molecule has 2 aliphatic rings. The predicted octanol–water partition coefficient (Wildman–Crippen LogP) is 0.505. The van der Waals surface area contributed by atoms with Gasteiger partial charge in [-0.1, -0.05) is 6.92 Å². The highest BCUT2D eigenvalue weighted by molar-refractivity contribution is 7.88. The lowest BCUT2D eigenvalue weighted by Crippen LogP contribution is -2.53. The summed E-state index contributed by atoms with van der Waals surface area (Å²) in [5, 5.41) is 0. The van der Waals surface area contributed by atoms with E-state index in [2.05, 4.69) is 11.8 Å². The molecule has 0 saturated carbocycles. The fraction of sp³-hybridized carbons (Fsp3) is 1.00. The van der Waals surface area contributed by atoms with Gasteiger partial charge in [0.05, 0.1) is 6.26 Å². The van der Waals surface area contributed by atoms with Crippen LogP contribution in [0, 0.1) is 0 Å². The summed E-state index contributed by atoms with van der Waals surface area (Å²) < 4.78 is 24.5. The minimum atomic E-state index is -2.98. The number of piperazine rings is 1. The van der Waals surface area contributed by atoms with Gasteiger partial charge in [-0.15, -0.1) is 0 Å². The minimum absolute atomic E-state index is 0.471. The molecule has 0 N–H and O–H groups in total. The standard InChI is InChI=1S/C10H20N2O2S/c1-3-9-4-5-10-8-11(15(2,13)14)6-7-12(9)10/h9-10H,3-8H2,1-2H3. The van der Waals surface area contributed by atoms with Gasteiger partial charge in [0.25, 0.3) is 0 Å². The molecule has 2 aliphatic heterocycles. The van der Waals surface area contributed by atoms with Crippen molar-refractivity contribution in [3.8, 4) is 0 Å². The van der Waals surface area contributed by atoms with Crippen molar-refractivity contribution in [3.63, 3.8) is 0 Å². The van der Waals surface area contributed by atoms with Gasteiger partial charge in [0.2, 0.25) is 10.0 Å². The number of hydrogen-bond acceptors (Lipinski definition) is 3. The number of fused-ring (bicyclic) bond motifs is 1. The Labute approximate surface area is 92.3 Å². The van der Waals surface area contributed by atoms with Gasteiger partial charge in [-0.05, 0) is 19.3 Å². The Morgan fingerprint density at radius 3 is 2.60 bits per heavy atom. The SMILES string of the molecule is CCC1CCC2CN(S(C)(=O)=O)CCN12. The maximum Gasteiger partial charge on any atom is 0.211 e. The van der Waals surface area contributed by atoms with E-state index in [9.17, 15) is 8.42 Å². The van der Waals surface area contributed by atoms with E-state index >= 15 is 0 Å². The van der Waals surface area contributed by atoms with Gasteiger partial charge < -0.3 is 0 Å². The minimum Gasteiger partial charge on any atom is -0.295 e. The molecule has 2 fully saturated rings. The second kappa shape index (κ2) is 4.03.